The molecule has 0 aliphatic carbocycles. The maximum absolute atomic E-state index is 5.43. The molecule has 0 fully saturated rings. The molecule has 0 aliphatic rings. The van der Waals surface area contributed by atoms with E-state index in [4.69, 9.17) is 4.74 Å². The smallest absolute Gasteiger partial charge is 0.119 e. The molecule has 100 valence electrons. The van der Waals surface area contributed by atoms with E-state index in [1.807, 2.05) is 13.0 Å². The van der Waals surface area contributed by atoms with Crippen LogP contribution in [0.15, 0.2) is 36.9 Å². The number of hydrogen-bond donors (Lipinski definition) is 0. The van der Waals surface area contributed by atoms with Crippen LogP contribution in [-0.4, -0.2) is 6.61 Å². The lowest BCUT2D eigenvalue weighted by Gasteiger charge is -2.05. The molecule has 0 bridgehead atoms. The molecule has 0 unspecified atom stereocenters. The average Bonchev–Trinajstić information content (AvgIpc) is 2.40. The third-order valence-corrected chi connectivity index (χ3v) is 3.11. The Morgan fingerprint density at radius 3 is 2.33 bits per heavy atom. The van der Waals surface area contributed by atoms with E-state index in [-0.39, 0.29) is 0 Å². The van der Waals surface area contributed by atoms with E-state index in [9.17, 15) is 0 Å². The number of ether oxygens (including phenoxy) is 1. The number of allylic oxidation sites excluding steroid dienone is 1. The molecule has 0 aromatic heterocycles. The van der Waals surface area contributed by atoms with Crippen molar-refractivity contribution in [3.63, 3.8) is 0 Å². The molecule has 18 heavy (non-hydrogen) atoms. The van der Waals surface area contributed by atoms with Gasteiger partial charge in [0.25, 0.3) is 0 Å². The summed E-state index contributed by atoms with van der Waals surface area (Å²) in [6.45, 7) is 6.50. The molecule has 0 heterocycles. The highest BCUT2D eigenvalue weighted by molar-refractivity contribution is 5.27. The second-order valence-electron chi connectivity index (χ2n) is 4.67. The van der Waals surface area contributed by atoms with Crippen LogP contribution >= 0.6 is 0 Å². The van der Waals surface area contributed by atoms with Gasteiger partial charge in [-0.2, -0.15) is 0 Å². The van der Waals surface area contributed by atoms with Gasteiger partial charge in [-0.15, -0.1) is 6.58 Å². The summed E-state index contributed by atoms with van der Waals surface area (Å²) in [5.74, 6) is 0.977. The van der Waals surface area contributed by atoms with Gasteiger partial charge in [-0.3, -0.25) is 0 Å². The SMILES string of the molecule is C=CCCCCCCCc1ccc(OCC)cc1. The number of aryl methyl sites for hydroxylation is 1. The summed E-state index contributed by atoms with van der Waals surface area (Å²) in [7, 11) is 0. The molecular formula is C17H26O. The van der Waals surface area contributed by atoms with Crippen molar-refractivity contribution in [2.45, 2.75) is 51.9 Å². The summed E-state index contributed by atoms with van der Waals surface area (Å²) < 4.78 is 5.43. The van der Waals surface area contributed by atoms with Crippen LogP contribution in [0, 0.1) is 0 Å². The van der Waals surface area contributed by atoms with Crippen molar-refractivity contribution in [2.24, 2.45) is 0 Å². The minimum Gasteiger partial charge on any atom is -0.494 e. The Morgan fingerprint density at radius 1 is 1.00 bits per heavy atom. The summed E-state index contributed by atoms with van der Waals surface area (Å²) in [5.41, 5.74) is 1.42. The van der Waals surface area contributed by atoms with Gasteiger partial charge in [0.05, 0.1) is 6.61 Å². The quantitative estimate of drug-likeness (QED) is 0.409. The minimum atomic E-state index is 0.740. The van der Waals surface area contributed by atoms with Crippen LogP contribution in [0.4, 0.5) is 0 Å². The summed E-state index contributed by atoms with van der Waals surface area (Å²) in [6.07, 6.45) is 11.0. The molecule has 1 rings (SSSR count). The maximum atomic E-state index is 5.43. The Labute approximate surface area is 112 Å². The summed E-state index contributed by atoms with van der Waals surface area (Å²) >= 11 is 0. The van der Waals surface area contributed by atoms with Crippen LogP contribution in [0.1, 0.15) is 51.0 Å². The summed E-state index contributed by atoms with van der Waals surface area (Å²) in [4.78, 5) is 0. The fourth-order valence-electron chi connectivity index (χ4n) is 2.07. The molecule has 0 saturated heterocycles. The molecule has 0 spiro atoms. The zero-order valence-electron chi connectivity index (χ0n) is 11.7. The lowest BCUT2D eigenvalue weighted by atomic mass is 10.0. The lowest BCUT2D eigenvalue weighted by Crippen LogP contribution is -1.92. The third kappa shape index (κ3) is 6.48. The van der Waals surface area contributed by atoms with Crippen LogP contribution < -0.4 is 4.74 Å². The predicted molar refractivity (Wildman–Crippen MR) is 79.2 cm³/mol. The molecular weight excluding hydrogens is 220 g/mol. The Bertz CT molecular complexity index is 313. The van der Waals surface area contributed by atoms with Gasteiger partial charge in [0, 0.05) is 0 Å². The molecule has 0 atom stereocenters. The molecule has 1 aromatic rings. The van der Waals surface area contributed by atoms with Gasteiger partial charge in [0.15, 0.2) is 0 Å². The fraction of sp³-hybridized carbons (Fsp3) is 0.529. The second-order valence-corrected chi connectivity index (χ2v) is 4.67. The molecule has 0 saturated carbocycles. The first kappa shape index (κ1) is 14.8. The average molecular weight is 246 g/mol. The largest absolute Gasteiger partial charge is 0.494 e. The number of benzene rings is 1. The first-order valence-electron chi connectivity index (χ1n) is 7.19. The molecule has 1 heteroatoms. The van der Waals surface area contributed by atoms with E-state index in [1.165, 1.54) is 50.5 Å². The van der Waals surface area contributed by atoms with E-state index >= 15 is 0 Å². The summed E-state index contributed by atoms with van der Waals surface area (Å²) in [6, 6.07) is 8.51. The number of rotatable bonds is 10. The van der Waals surface area contributed by atoms with Crippen LogP contribution in [-0.2, 0) is 6.42 Å². The van der Waals surface area contributed by atoms with Crippen molar-refractivity contribution in [3.8, 4) is 5.75 Å². The standard InChI is InChI=1S/C17H26O/c1-3-5-6-7-8-9-10-11-16-12-14-17(15-13-16)18-4-2/h3,12-15H,1,4-11H2,2H3. The number of hydrogen-bond acceptors (Lipinski definition) is 1. The molecule has 0 amide bonds. The lowest BCUT2D eigenvalue weighted by molar-refractivity contribution is 0.340. The van der Waals surface area contributed by atoms with Gasteiger partial charge in [-0.05, 0) is 50.3 Å². The van der Waals surface area contributed by atoms with Crippen molar-refractivity contribution in [1.82, 2.24) is 0 Å². The predicted octanol–water partition coefficient (Wildman–Crippen LogP) is 5.15. The third-order valence-electron chi connectivity index (χ3n) is 3.11. The van der Waals surface area contributed by atoms with E-state index in [0.29, 0.717) is 0 Å². The summed E-state index contributed by atoms with van der Waals surface area (Å²) in [5, 5.41) is 0. The highest BCUT2D eigenvalue weighted by Gasteiger charge is 1.96. The zero-order valence-corrected chi connectivity index (χ0v) is 11.7. The first-order chi connectivity index (χ1) is 8.86. The van der Waals surface area contributed by atoms with E-state index in [2.05, 4.69) is 30.8 Å². The normalized spacial score (nSPS) is 10.3. The molecule has 0 N–H and O–H groups in total. The first-order valence-corrected chi connectivity index (χ1v) is 7.19. The van der Waals surface area contributed by atoms with Gasteiger partial charge >= 0.3 is 0 Å². The van der Waals surface area contributed by atoms with Gasteiger partial charge in [0.1, 0.15) is 5.75 Å². The zero-order chi connectivity index (χ0) is 13.1. The Morgan fingerprint density at radius 2 is 1.67 bits per heavy atom. The molecule has 1 aromatic carbocycles. The molecule has 1 nitrogen and oxygen atoms in total. The van der Waals surface area contributed by atoms with Crippen molar-refractivity contribution in [2.75, 3.05) is 6.61 Å². The van der Waals surface area contributed by atoms with E-state index in [0.717, 1.165) is 12.4 Å². The van der Waals surface area contributed by atoms with Crippen LogP contribution in [0.3, 0.4) is 0 Å². The Balaban J connectivity index is 2.09. The number of unbranched alkanes of at least 4 members (excludes halogenated alkanes) is 5. The topological polar surface area (TPSA) is 9.23 Å². The van der Waals surface area contributed by atoms with Crippen LogP contribution in [0.5, 0.6) is 5.75 Å². The van der Waals surface area contributed by atoms with E-state index < -0.39 is 0 Å². The fourth-order valence-corrected chi connectivity index (χ4v) is 2.07. The van der Waals surface area contributed by atoms with Crippen molar-refractivity contribution in [1.29, 1.82) is 0 Å². The molecule has 0 radical (unpaired) electrons. The van der Waals surface area contributed by atoms with Crippen LogP contribution in [0.25, 0.3) is 0 Å². The van der Waals surface area contributed by atoms with Crippen LogP contribution in [0.2, 0.25) is 0 Å². The highest BCUT2D eigenvalue weighted by Crippen LogP contribution is 2.15. The van der Waals surface area contributed by atoms with E-state index in [1.54, 1.807) is 0 Å². The minimum absolute atomic E-state index is 0.740. The van der Waals surface area contributed by atoms with Gasteiger partial charge < -0.3 is 4.74 Å². The van der Waals surface area contributed by atoms with Crippen molar-refractivity contribution >= 4 is 0 Å². The maximum Gasteiger partial charge on any atom is 0.119 e. The Kier molecular flexibility index (Phi) is 8.03. The van der Waals surface area contributed by atoms with Crippen molar-refractivity contribution in [3.05, 3.63) is 42.5 Å². The Hall–Kier alpha value is -1.24. The molecule has 0 aliphatic heterocycles. The van der Waals surface area contributed by atoms with Crippen molar-refractivity contribution < 1.29 is 4.74 Å². The van der Waals surface area contributed by atoms with Gasteiger partial charge in [0.2, 0.25) is 0 Å². The van der Waals surface area contributed by atoms with Gasteiger partial charge in [-0.25, -0.2) is 0 Å². The highest BCUT2D eigenvalue weighted by atomic mass is 16.5. The monoisotopic (exact) mass is 246 g/mol. The second kappa shape index (κ2) is 9.76. The van der Waals surface area contributed by atoms with Gasteiger partial charge in [-0.1, -0.05) is 37.5 Å².